The molecule has 27 heavy (non-hydrogen) atoms. The van der Waals surface area contributed by atoms with E-state index >= 15 is 0 Å². The van der Waals surface area contributed by atoms with E-state index in [1.54, 1.807) is 0 Å². The molecule has 1 saturated carbocycles. The number of nitrogens with one attached hydrogen (secondary N) is 4. The number of para-hydroxylation sites is 1. The van der Waals surface area contributed by atoms with Gasteiger partial charge in [0.2, 0.25) is 5.91 Å². The molecule has 0 spiro atoms. The van der Waals surface area contributed by atoms with E-state index < -0.39 is 0 Å². The minimum Gasteiger partial charge on any atom is -0.468 e. The molecule has 144 valence electrons. The summed E-state index contributed by atoms with van der Waals surface area (Å²) in [6.45, 7) is 0. The largest absolute Gasteiger partial charge is 0.468 e. The number of hydrogen-bond acceptors (Lipinski definition) is 5. The summed E-state index contributed by atoms with van der Waals surface area (Å²) in [5.74, 6) is -0.0382. The quantitative estimate of drug-likeness (QED) is 0.597. The van der Waals surface area contributed by atoms with Crippen LogP contribution in [-0.4, -0.2) is 42.1 Å². The van der Waals surface area contributed by atoms with Crippen LogP contribution in [0.3, 0.4) is 0 Å². The maximum Gasteiger partial charge on any atom is 0.324 e. The number of rotatable bonds is 5. The highest BCUT2D eigenvalue weighted by Gasteiger charge is 2.44. The molecule has 1 saturated heterocycles. The number of benzene rings is 1. The van der Waals surface area contributed by atoms with E-state index in [-0.39, 0.29) is 35.9 Å². The van der Waals surface area contributed by atoms with E-state index in [0.29, 0.717) is 12.8 Å². The Morgan fingerprint density at radius 1 is 1.22 bits per heavy atom. The molecule has 1 aromatic carbocycles. The number of aryl methyl sites for hydroxylation is 1. The van der Waals surface area contributed by atoms with Gasteiger partial charge in [0.15, 0.2) is 0 Å². The topological polar surface area (TPSA) is 95.2 Å². The summed E-state index contributed by atoms with van der Waals surface area (Å²) in [4.78, 5) is 27.6. The number of aromatic amines is 1. The Bertz CT molecular complexity index is 833. The second-order valence-electron chi connectivity index (χ2n) is 7.50. The van der Waals surface area contributed by atoms with Crippen LogP contribution in [0.4, 0.5) is 0 Å². The van der Waals surface area contributed by atoms with Crippen LogP contribution in [0, 0.1) is 5.92 Å². The van der Waals surface area contributed by atoms with Crippen LogP contribution in [0.1, 0.15) is 31.2 Å². The molecule has 7 nitrogen and oxygen atoms in total. The van der Waals surface area contributed by atoms with Crippen molar-refractivity contribution in [2.45, 2.75) is 50.2 Å². The molecule has 1 amide bonds. The number of carbonyl (C=O) groups is 2. The Morgan fingerprint density at radius 3 is 2.93 bits per heavy atom. The number of carbonyl (C=O) groups excluding carboxylic acids is 2. The minimum atomic E-state index is -0.342. The summed E-state index contributed by atoms with van der Waals surface area (Å²) in [6.07, 6.45) is 5.79. The van der Waals surface area contributed by atoms with Gasteiger partial charge in [-0.05, 0) is 37.3 Å². The number of aromatic nitrogens is 1. The van der Waals surface area contributed by atoms with Gasteiger partial charge in [0, 0.05) is 41.5 Å². The van der Waals surface area contributed by atoms with Crippen molar-refractivity contribution in [2.75, 3.05) is 7.11 Å². The van der Waals surface area contributed by atoms with E-state index in [1.807, 2.05) is 24.4 Å². The van der Waals surface area contributed by atoms with Crippen LogP contribution in [0.2, 0.25) is 0 Å². The van der Waals surface area contributed by atoms with Gasteiger partial charge in [-0.1, -0.05) is 18.2 Å². The number of H-pyrrole nitrogens is 1. The standard InChI is InChI=1S/C20H26N4O3/c1-27-20(26)19-15-10-13(7-8-17(15)23-24-19)22-18(25)9-6-12-11-21-16-5-3-2-4-14(12)16/h2-5,11,13,15,17,19,21,23-24H,6-10H2,1H3,(H,22,25). The molecular weight excluding hydrogens is 344 g/mol. The molecule has 2 aliphatic rings. The molecule has 4 unspecified atom stereocenters. The van der Waals surface area contributed by atoms with Crippen LogP contribution < -0.4 is 16.2 Å². The number of hydrazine groups is 1. The molecule has 4 rings (SSSR count). The first-order valence-corrected chi connectivity index (χ1v) is 9.59. The van der Waals surface area contributed by atoms with Gasteiger partial charge in [0.05, 0.1) is 7.11 Å². The zero-order valence-electron chi connectivity index (χ0n) is 15.5. The Kier molecular flexibility index (Phi) is 5.13. The van der Waals surface area contributed by atoms with Crippen LogP contribution in [0.15, 0.2) is 30.5 Å². The van der Waals surface area contributed by atoms with Gasteiger partial charge in [-0.2, -0.15) is 0 Å². The molecule has 4 atom stereocenters. The fourth-order valence-electron chi connectivity index (χ4n) is 4.44. The second kappa shape index (κ2) is 7.70. The summed E-state index contributed by atoms with van der Waals surface area (Å²) in [6, 6.07) is 8.15. The summed E-state index contributed by atoms with van der Waals surface area (Å²) in [5, 5.41) is 4.34. The van der Waals surface area contributed by atoms with Gasteiger partial charge in [0.1, 0.15) is 6.04 Å². The average molecular weight is 370 g/mol. The normalized spacial score (nSPS) is 27.3. The molecule has 1 aliphatic heterocycles. The zero-order valence-corrected chi connectivity index (χ0v) is 15.5. The molecule has 2 fully saturated rings. The van der Waals surface area contributed by atoms with E-state index in [0.717, 1.165) is 24.8 Å². The van der Waals surface area contributed by atoms with Crippen LogP contribution in [0.25, 0.3) is 10.9 Å². The molecule has 7 heteroatoms. The zero-order chi connectivity index (χ0) is 18.8. The van der Waals surface area contributed by atoms with Crippen molar-refractivity contribution in [3.05, 3.63) is 36.0 Å². The molecule has 2 aromatic rings. The Balaban J connectivity index is 1.31. The lowest BCUT2D eigenvalue weighted by molar-refractivity contribution is -0.144. The molecule has 1 aromatic heterocycles. The smallest absolute Gasteiger partial charge is 0.324 e. The molecule has 0 bridgehead atoms. The molecular formula is C20H26N4O3. The molecule has 4 N–H and O–H groups in total. The fraction of sp³-hybridized carbons (Fsp3) is 0.500. The summed E-state index contributed by atoms with van der Waals surface area (Å²) >= 11 is 0. The van der Waals surface area contributed by atoms with E-state index in [1.165, 1.54) is 18.1 Å². The molecule has 0 radical (unpaired) electrons. The highest BCUT2D eigenvalue weighted by atomic mass is 16.5. The highest BCUT2D eigenvalue weighted by Crippen LogP contribution is 2.31. The lowest BCUT2D eigenvalue weighted by Crippen LogP contribution is -2.46. The second-order valence-corrected chi connectivity index (χ2v) is 7.50. The number of ether oxygens (including phenoxy) is 1. The number of hydrogen-bond donors (Lipinski definition) is 4. The van der Waals surface area contributed by atoms with Gasteiger partial charge in [-0.3, -0.25) is 15.0 Å². The third-order valence-electron chi connectivity index (χ3n) is 5.87. The third kappa shape index (κ3) is 3.70. The maximum absolute atomic E-state index is 12.5. The van der Waals surface area contributed by atoms with Crippen molar-refractivity contribution in [1.82, 2.24) is 21.2 Å². The summed E-state index contributed by atoms with van der Waals surface area (Å²) < 4.78 is 4.88. The monoisotopic (exact) mass is 370 g/mol. The number of methoxy groups -OCH3 is 1. The van der Waals surface area contributed by atoms with Crippen LogP contribution in [0.5, 0.6) is 0 Å². The van der Waals surface area contributed by atoms with Gasteiger partial charge < -0.3 is 15.0 Å². The highest BCUT2D eigenvalue weighted by molar-refractivity contribution is 5.84. The average Bonchev–Trinajstić information content (AvgIpc) is 3.29. The van der Waals surface area contributed by atoms with Crippen molar-refractivity contribution < 1.29 is 14.3 Å². The van der Waals surface area contributed by atoms with E-state index in [4.69, 9.17) is 4.74 Å². The lowest BCUT2D eigenvalue weighted by atomic mass is 9.79. The van der Waals surface area contributed by atoms with Crippen LogP contribution in [-0.2, 0) is 20.7 Å². The van der Waals surface area contributed by atoms with Crippen molar-refractivity contribution in [3.8, 4) is 0 Å². The van der Waals surface area contributed by atoms with Gasteiger partial charge in [-0.15, -0.1) is 0 Å². The maximum atomic E-state index is 12.5. The van der Waals surface area contributed by atoms with E-state index in [2.05, 4.69) is 27.2 Å². The van der Waals surface area contributed by atoms with Gasteiger partial charge >= 0.3 is 5.97 Å². The van der Waals surface area contributed by atoms with Crippen molar-refractivity contribution >= 4 is 22.8 Å². The SMILES string of the molecule is COC(=O)C1NNC2CCC(NC(=O)CCc3c[nH]c4ccccc34)CC21. The first-order valence-electron chi connectivity index (χ1n) is 9.59. The molecule has 1 aliphatic carbocycles. The predicted octanol–water partition coefficient (Wildman–Crippen LogP) is 1.40. The lowest BCUT2D eigenvalue weighted by Gasteiger charge is -2.32. The Hall–Kier alpha value is -2.38. The third-order valence-corrected chi connectivity index (χ3v) is 5.87. The van der Waals surface area contributed by atoms with Crippen molar-refractivity contribution in [1.29, 1.82) is 0 Å². The predicted molar refractivity (Wildman–Crippen MR) is 102 cm³/mol. The Labute approximate surface area is 158 Å². The van der Waals surface area contributed by atoms with Crippen molar-refractivity contribution in [2.24, 2.45) is 5.92 Å². The first kappa shape index (κ1) is 18.0. The number of amides is 1. The Morgan fingerprint density at radius 2 is 2.07 bits per heavy atom. The number of fused-ring (bicyclic) bond motifs is 2. The van der Waals surface area contributed by atoms with Crippen LogP contribution >= 0.6 is 0 Å². The van der Waals surface area contributed by atoms with Gasteiger partial charge in [0.25, 0.3) is 0 Å². The fourth-order valence-corrected chi connectivity index (χ4v) is 4.44. The van der Waals surface area contributed by atoms with E-state index in [9.17, 15) is 9.59 Å². The minimum absolute atomic E-state index is 0.0669. The summed E-state index contributed by atoms with van der Waals surface area (Å²) in [5.41, 5.74) is 8.50. The molecule has 2 heterocycles. The summed E-state index contributed by atoms with van der Waals surface area (Å²) in [7, 11) is 1.41. The number of esters is 1. The van der Waals surface area contributed by atoms with Gasteiger partial charge in [-0.25, -0.2) is 5.43 Å². The van der Waals surface area contributed by atoms with Crippen molar-refractivity contribution in [3.63, 3.8) is 0 Å². The first-order chi connectivity index (χ1) is 13.2.